The lowest BCUT2D eigenvalue weighted by atomic mass is 9.78. The molecule has 2 rings (SSSR count). The molecule has 0 aliphatic heterocycles. The van der Waals surface area contributed by atoms with Gasteiger partial charge in [-0.2, -0.15) is 0 Å². The molecule has 1 saturated carbocycles. The number of rotatable bonds is 6. The number of hydrogen-bond acceptors (Lipinski definition) is 5. The lowest BCUT2D eigenvalue weighted by molar-refractivity contribution is 0.0600. The van der Waals surface area contributed by atoms with Crippen molar-refractivity contribution in [1.82, 2.24) is 4.72 Å². The maximum atomic E-state index is 12.1. The monoisotopic (exact) mass is 312 g/mol. The van der Waals surface area contributed by atoms with Crippen LogP contribution in [0.15, 0.2) is 24.3 Å². The van der Waals surface area contributed by atoms with Crippen LogP contribution in [0.3, 0.4) is 0 Å². The summed E-state index contributed by atoms with van der Waals surface area (Å²) in [6.45, 7) is 0.256. The molecule has 0 spiro atoms. The van der Waals surface area contributed by atoms with Crippen LogP contribution in [0.4, 0.5) is 0 Å². The zero-order valence-electron chi connectivity index (χ0n) is 12.0. The molecule has 1 aromatic carbocycles. The van der Waals surface area contributed by atoms with E-state index in [1.165, 1.54) is 13.2 Å². The van der Waals surface area contributed by atoms with E-state index in [4.69, 9.17) is 5.73 Å². The Labute approximate surface area is 124 Å². The van der Waals surface area contributed by atoms with Crippen LogP contribution in [-0.2, 0) is 20.5 Å². The van der Waals surface area contributed by atoms with E-state index < -0.39 is 21.5 Å². The number of carbonyl (C=O) groups excluding carboxylic acids is 1. The Morgan fingerprint density at radius 1 is 1.43 bits per heavy atom. The maximum absolute atomic E-state index is 12.1. The van der Waals surface area contributed by atoms with Gasteiger partial charge in [-0.1, -0.05) is 12.1 Å². The minimum Gasteiger partial charge on any atom is -0.465 e. The molecule has 21 heavy (non-hydrogen) atoms. The smallest absolute Gasteiger partial charge is 0.337 e. The number of hydrogen-bond donors (Lipinski definition) is 2. The van der Waals surface area contributed by atoms with Gasteiger partial charge in [-0.25, -0.2) is 17.9 Å². The summed E-state index contributed by atoms with van der Waals surface area (Å²) in [6, 6.07) is 6.39. The molecular formula is C14H20N2O4S. The molecule has 1 aromatic rings. The number of nitrogens with one attached hydrogen (secondary N) is 1. The Kier molecular flexibility index (Phi) is 4.65. The highest BCUT2D eigenvalue weighted by Crippen LogP contribution is 2.28. The number of esters is 1. The molecule has 0 unspecified atom stereocenters. The van der Waals surface area contributed by atoms with Crippen molar-refractivity contribution in [2.75, 3.05) is 13.7 Å². The van der Waals surface area contributed by atoms with Crippen molar-refractivity contribution < 1.29 is 17.9 Å². The summed E-state index contributed by atoms with van der Waals surface area (Å²) in [5.41, 5.74) is 6.46. The molecule has 0 heterocycles. The van der Waals surface area contributed by atoms with Gasteiger partial charge in [0.15, 0.2) is 0 Å². The molecule has 0 bridgehead atoms. The Hall–Kier alpha value is -1.44. The molecule has 6 nitrogen and oxygen atoms in total. The van der Waals surface area contributed by atoms with Gasteiger partial charge in [-0.3, -0.25) is 0 Å². The molecule has 1 fully saturated rings. The first-order valence-electron chi connectivity index (χ1n) is 6.77. The normalized spacial score (nSPS) is 17.0. The number of methoxy groups -OCH3 is 1. The van der Waals surface area contributed by atoms with Gasteiger partial charge >= 0.3 is 5.97 Å². The quantitative estimate of drug-likeness (QED) is 0.756. The first-order valence-corrected chi connectivity index (χ1v) is 8.42. The zero-order valence-corrected chi connectivity index (χ0v) is 12.8. The third kappa shape index (κ3) is 4.26. The van der Waals surface area contributed by atoms with Crippen molar-refractivity contribution in [2.45, 2.75) is 30.6 Å². The minimum absolute atomic E-state index is 0.187. The maximum Gasteiger partial charge on any atom is 0.337 e. The van der Waals surface area contributed by atoms with Crippen LogP contribution >= 0.6 is 0 Å². The van der Waals surface area contributed by atoms with E-state index in [0.29, 0.717) is 11.1 Å². The number of nitrogens with two attached hydrogens (primary N) is 1. The number of benzene rings is 1. The summed E-state index contributed by atoms with van der Waals surface area (Å²) in [6.07, 6.45) is 2.72. The van der Waals surface area contributed by atoms with E-state index in [1.54, 1.807) is 18.2 Å². The summed E-state index contributed by atoms with van der Waals surface area (Å²) >= 11 is 0. The molecule has 1 aliphatic carbocycles. The highest BCUT2D eigenvalue weighted by molar-refractivity contribution is 7.88. The molecular weight excluding hydrogens is 292 g/mol. The molecule has 0 aromatic heterocycles. The van der Waals surface area contributed by atoms with Crippen molar-refractivity contribution >= 4 is 16.0 Å². The first kappa shape index (κ1) is 15.9. The van der Waals surface area contributed by atoms with Crippen molar-refractivity contribution in [3.8, 4) is 0 Å². The fourth-order valence-corrected chi connectivity index (χ4v) is 3.47. The SMILES string of the molecule is COC(=O)c1cccc(CS(=O)(=O)NCC2(N)CCC2)c1. The van der Waals surface area contributed by atoms with Crippen LogP contribution in [-0.4, -0.2) is 33.6 Å². The van der Waals surface area contributed by atoms with Gasteiger partial charge < -0.3 is 10.5 Å². The van der Waals surface area contributed by atoms with Crippen molar-refractivity contribution in [2.24, 2.45) is 5.73 Å². The highest BCUT2D eigenvalue weighted by Gasteiger charge is 2.33. The zero-order chi connectivity index (χ0) is 15.5. The van der Waals surface area contributed by atoms with E-state index >= 15 is 0 Å². The van der Waals surface area contributed by atoms with E-state index in [0.717, 1.165) is 19.3 Å². The Balaban J connectivity index is 2.01. The average molecular weight is 312 g/mol. The lowest BCUT2D eigenvalue weighted by Crippen LogP contribution is -2.54. The van der Waals surface area contributed by atoms with Gasteiger partial charge in [0.1, 0.15) is 0 Å². The lowest BCUT2D eigenvalue weighted by Gasteiger charge is -2.38. The summed E-state index contributed by atoms with van der Waals surface area (Å²) in [7, 11) is -2.19. The van der Waals surface area contributed by atoms with Crippen LogP contribution in [0.25, 0.3) is 0 Å². The fraction of sp³-hybridized carbons (Fsp3) is 0.500. The molecule has 7 heteroatoms. The van der Waals surface area contributed by atoms with Crippen LogP contribution in [0.1, 0.15) is 35.2 Å². The second kappa shape index (κ2) is 6.13. The van der Waals surface area contributed by atoms with E-state index in [2.05, 4.69) is 9.46 Å². The number of ether oxygens (including phenoxy) is 1. The Morgan fingerprint density at radius 2 is 2.14 bits per heavy atom. The van der Waals surface area contributed by atoms with E-state index in [9.17, 15) is 13.2 Å². The summed E-state index contributed by atoms with van der Waals surface area (Å²) in [5.74, 6) is -0.675. The predicted molar refractivity (Wildman–Crippen MR) is 79.2 cm³/mol. The van der Waals surface area contributed by atoms with Crippen molar-refractivity contribution in [3.63, 3.8) is 0 Å². The topological polar surface area (TPSA) is 98.5 Å². The Morgan fingerprint density at radius 3 is 2.71 bits per heavy atom. The molecule has 0 saturated heterocycles. The van der Waals surface area contributed by atoms with Gasteiger partial charge in [-0.15, -0.1) is 0 Å². The van der Waals surface area contributed by atoms with E-state index in [-0.39, 0.29) is 12.3 Å². The molecule has 0 atom stereocenters. The summed E-state index contributed by atoms with van der Waals surface area (Å²) < 4.78 is 31.3. The molecule has 116 valence electrons. The van der Waals surface area contributed by atoms with Crippen molar-refractivity contribution in [3.05, 3.63) is 35.4 Å². The molecule has 1 aliphatic rings. The highest BCUT2D eigenvalue weighted by atomic mass is 32.2. The Bertz CT molecular complexity index is 624. The average Bonchev–Trinajstić information content (AvgIpc) is 2.42. The minimum atomic E-state index is -3.48. The third-order valence-corrected chi connectivity index (χ3v) is 5.00. The van der Waals surface area contributed by atoms with Crippen LogP contribution < -0.4 is 10.5 Å². The predicted octanol–water partition coefficient (Wildman–Crippen LogP) is 0.774. The molecule has 0 amide bonds. The summed E-state index contributed by atoms with van der Waals surface area (Å²) in [4.78, 5) is 11.4. The largest absolute Gasteiger partial charge is 0.465 e. The van der Waals surface area contributed by atoms with Gasteiger partial charge in [0.05, 0.1) is 18.4 Å². The van der Waals surface area contributed by atoms with Crippen LogP contribution in [0.2, 0.25) is 0 Å². The third-order valence-electron chi connectivity index (χ3n) is 3.70. The standard InChI is InChI=1S/C14H20N2O4S/c1-20-13(17)12-5-2-4-11(8-12)9-21(18,19)16-10-14(15)6-3-7-14/h2,4-5,8,16H,3,6-7,9-10,15H2,1H3. The van der Waals surface area contributed by atoms with Crippen LogP contribution in [0.5, 0.6) is 0 Å². The second-order valence-electron chi connectivity index (χ2n) is 5.49. The van der Waals surface area contributed by atoms with E-state index in [1.807, 2.05) is 0 Å². The van der Waals surface area contributed by atoms with Gasteiger partial charge in [0, 0.05) is 12.1 Å². The molecule has 3 N–H and O–H groups in total. The van der Waals surface area contributed by atoms with Crippen molar-refractivity contribution in [1.29, 1.82) is 0 Å². The number of sulfonamides is 1. The number of carbonyl (C=O) groups is 1. The van der Waals surface area contributed by atoms with Gasteiger partial charge in [-0.05, 0) is 37.0 Å². The second-order valence-corrected chi connectivity index (χ2v) is 7.29. The summed E-state index contributed by atoms with van der Waals surface area (Å²) in [5, 5.41) is 0. The van der Waals surface area contributed by atoms with Gasteiger partial charge in [0.2, 0.25) is 10.0 Å². The van der Waals surface area contributed by atoms with Crippen LogP contribution in [0, 0.1) is 0 Å². The van der Waals surface area contributed by atoms with Gasteiger partial charge in [0.25, 0.3) is 0 Å². The fourth-order valence-electron chi connectivity index (χ4n) is 2.24. The first-order chi connectivity index (χ1) is 9.84. The molecule has 0 radical (unpaired) electrons.